The second-order valence-electron chi connectivity index (χ2n) is 5.44. The SMILES string of the molecule is CCN(CC)CCOc1nnc(CNC(C)(C)C)s1. The molecule has 0 aliphatic carbocycles. The minimum atomic E-state index is 0.0927. The van der Waals surface area contributed by atoms with E-state index in [1.54, 1.807) is 0 Å². The van der Waals surface area contributed by atoms with Crippen molar-refractivity contribution in [2.24, 2.45) is 0 Å². The summed E-state index contributed by atoms with van der Waals surface area (Å²) in [5.74, 6) is 0. The van der Waals surface area contributed by atoms with E-state index in [9.17, 15) is 0 Å². The van der Waals surface area contributed by atoms with Gasteiger partial charge in [-0.15, -0.1) is 10.2 Å². The number of hydrogen-bond acceptors (Lipinski definition) is 6. The van der Waals surface area contributed by atoms with Crippen molar-refractivity contribution < 1.29 is 4.74 Å². The van der Waals surface area contributed by atoms with Gasteiger partial charge in [0, 0.05) is 12.1 Å². The molecule has 0 radical (unpaired) electrons. The standard InChI is InChI=1S/C13H26N4OS/c1-6-17(7-2)8-9-18-12-16-15-11(19-12)10-14-13(3,4)5/h14H,6-10H2,1-5H3. The summed E-state index contributed by atoms with van der Waals surface area (Å²) in [5, 5.41) is 13.2. The first-order valence-electron chi connectivity index (χ1n) is 6.87. The van der Waals surface area contributed by atoms with Crippen LogP contribution in [0.2, 0.25) is 0 Å². The van der Waals surface area contributed by atoms with Crippen molar-refractivity contribution in [3.8, 4) is 5.19 Å². The zero-order chi connectivity index (χ0) is 14.3. The topological polar surface area (TPSA) is 50.3 Å². The smallest absolute Gasteiger partial charge is 0.294 e. The lowest BCUT2D eigenvalue weighted by Gasteiger charge is -2.19. The highest BCUT2D eigenvalue weighted by Crippen LogP contribution is 2.18. The van der Waals surface area contributed by atoms with Gasteiger partial charge in [-0.1, -0.05) is 25.2 Å². The number of rotatable bonds is 8. The molecule has 1 N–H and O–H groups in total. The summed E-state index contributed by atoms with van der Waals surface area (Å²) in [6.07, 6.45) is 0. The number of ether oxygens (including phenoxy) is 1. The maximum absolute atomic E-state index is 5.63. The van der Waals surface area contributed by atoms with Gasteiger partial charge in [0.25, 0.3) is 5.19 Å². The average molecular weight is 286 g/mol. The van der Waals surface area contributed by atoms with Crippen LogP contribution >= 0.6 is 11.3 Å². The fourth-order valence-electron chi connectivity index (χ4n) is 1.51. The van der Waals surface area contributed by atoms with Crippen molar-refractivity contribution >= 4 is 11.3 Å². The van der Waals surface area contributed by atoms with Gasteiger partial charge in [0.1, 0.15) is 11.6 Å². The number of aromatic nitrogens is 2. The first kappa shape index (κ1) is 16.3. The molecule has 1 heterocycles. The molecule has 0 aliphatic rings. The summed E-state index contributed by atoms with van der Waals surface area (Å²) in [6, 6.07) is 0. The molecule has 0 amide bonds. The quantitative estimate of drug-likeness (QED) is 0.793. The van der Waals surface area contributed by atoms with Crippen LogP contribution in [0.1, 0.15) is 39.6 Å². The van der Waals surface area contributed by atoms with Gasteiger partial charge in [0.15, 0.2) is 0 Å². The molecular formula is C13H26N4OS. The second kappa shape index (κ2) is 7.77. The van der Waals surface area contributed by atoms with Gasteiger partial charge in [-0.3, -0.25) is 0 Å². The molecule has 19 heavy (non-hydrogen) atoms. The second-order valence-corrected chi connectivity index (χ2v) is 6.47. The molecule has 1 rings (SSSR count). The van der Waals surface area contributed by atoms with Crippen molar-refractivity contribution in [2.75, 3.05) is 26.2 Å². The molecule has 0 atom stereocenters. The monoisotopic (exact) mass is 286 g/mol. The minimum Gasteiger partial charge on any atom is -0.468 e. The third kappa shape index (κ3) is 6.84. The first-order chi connectivity index (χ1) is 8.94. The average Bonchev–Trinajstić information content (AvgIpc) is 2.79. The van der Waals surface area contributed by atoms with Gasteiger partial charge in [0.05, 0.1) is 6.54 Å². The van der Waals surface area contributed by atoms with Crippen molar-refractivity contribution in [3.05, 3.63) is 5.01 Å². The van der Waals surface area contributed by atoms with E-state index in [2.05, 4.69) is 55.0 Å². The van der Waals surface area contributed by atoms with E-state index in [0.717, 1.165) is 31.2 Å². The summed E-state index contributed by atoms with van der Waals surface area (Å²) in [6.45, 7) is 15.2. The number of nitrogens with one attached hydrogen (secondary N) is 1. The molecule has 0 bridgehead atoms. The van der Waals surface area contributed by atoms with Crippen LogP contribution in [-0.4, -0.2) is 46.9 Å². The Morgan fingerprint density at radius 2 is 1.89 bits per heavy atom. The number of likely N-dealkylation sites (N-methyl/N-ethyl adjacent to an activating group) is 1. The molecule has 110 valence electrons. The molecule has 0 saturated carbocycles. The minimum absolute atomic E-state index is 0.0927. The number of nitrogens with zero attached hydrogens (tertiary/aromatic N) is 3. The van der Waals surface area contributed by atoms with Crippen LogP contribution in [0.3, 0.4) is 0 Å². The molecule has 0 saturated heterocycles. The predicted octanol–water partition coefficient (Wildman–Crippen LogP) is 2.15. The highest BCUT2D eigenvalue weighted by Gasteiger charge is 2.11. The van der Waals surface area contributed by atoms with Crippen molar-refractivity contribution in [1.82, 2.24) is 20.4 Å². The Hall–Kier alpha value is -0.720. The highest BCUT2D eigenvalue weighted by molar-refractivity contribution is 7.13. The third-order valence-electron chi connectivity index (χ3n) is 2.75. The van der Waals surface area contributed by atoms with Crippen molar-refractivity contribution in [3.63, 3.8) is 0 Å². The molecule has 0 unspecified atom stereocenters. The molecule has 6 heteroatoms. The summed E-state index contributed by atoms with van der Waals surface area (Å²) in [5.41, 5.74) is 0.0927. The normalized spacial score (nSPS) is 12.1. The fourth-order valence-corrected chi connectivity index (χ4v) is 2.16. The molecule has 1 aromatic heterocycles. The zero-order valence-corrected chi connectivity index (χ0v) is 13.5. The van der Waals surface area contributed by atoms with Crippen LogP contribution in [0, 0.1) is 0 Å². The van der Waals surface area contributed by atoms with E-state index in [1.807, 2.05) is 0 Å². The molecule has 0 fully saturated rings. The Balaban J connectivity index is 2.30. The molecular weight excluding hydrogens is 260 g/mol. The summed E-state index contributed by atoms with van der Waals surface area (Å²) in [4.78, 5) is 2.32. The van der Waals surface area contributed by atoms with E-state index in [1.165, 1.54) is 11.3 Å². The lowest BCUT2D eigenvalue weighted by molar-refractivity contribution is 0.221. The lowest BCUT2D eigenvalue weighted by Crippen LogP contribution is -2.35. The highest BCUT2D eigenvalue weighted by atomic mass is 32.1. The van der Waals surface area contributed by atoms with Crippen LogP contribution in [0.4, 0.5) is 0 Å². The number of hydrogen-bond donors (Lipinski definition) is 1. The van der Waals surface area contributed by atoms with Gasteiger partial charge in [-0.2, -0.15) is 0 Å². The molecule has 5 nitrogen and oxygen atoms in total. The Morgan fingerprint density at radius 1 is 1.21 bits per heavy atom. The third-order valence-corrected chi connectivity index (χ3v) is 3.58. The Bertz CT molecular complexity index is 358. The van der Waals surface area contributed by atoms with Gasteiger partial charge < -0.3 is 15.0 Å². The van der Waals surface area contributed by atoms with Gasteiger partial charge in [-0.05, 0) is 33.9 Å². The first-order valence-corrected chi connectivity index (χ1v) is 7.68. The molecule has 0 spiro atoms. The summed E-state index contributed by atoms with van der Waals surface area (Å²) in [7, 11) is 0. The maximum atomic E-state index is 5.63. The largest absolute Gasteiger partial charge is 0.468 e. The molecule has 0 aliphatic heterocycles. The lowest BCUT2D eigenvalue weighted by atomic mass is 10.1. The van der Waals surface area contributed by atoms with Gasteiger partial charge in [0.2, 0.25) is 0 Å². The van der Waals surface area contributed by atoms with Crippen LogP contribution in [0.25, 0.3) is 0 Å². The Morgan fingerprint density at radius 3 is 2.47 bits per heavy atom. The van der Waals surface area contributed by atoms with Crippen LogP contribution < -0.4 is 10.1 Å². The summed E-state index contributed by atoms with van der Waals surface area (Å²) < 4.78 is 5.63. The van der Waals surface area contributed by atoms with Crippen molar-refractivity contribution in [2.45, 2.75) is 46.7 Å². The van der Waals surface area contributed by atoms with Crippen molar-refractivity contribution in [1.29, 1.82) is 0 Å². The van der Waals surface area contributed by atoms with Crippen LogP contribution in [0.15, 0.2) is 0 Å². The van der Waals surface area contributed by atoms with E-state index in [0.29, 0.717) is 11.8 Å². The van der Waals surface area contributed by atoms with E-state index < -0.39 is 0 Å². The zero-order valence-electron chi connectivity index (χ0n) is 12.7. The van der Waals surface area contributed by atoms with E-state index in [4.69, 9.17) is 4.74 Å². The van der Waals surface area contributed by atoms with E-state index in [-0.39, 0.29) is 5.54 Å². The van der Waals surface area contributed by atoms with Crippen LogP contribution in [-0.2, 0) is 6.54 Å². The molecule has 0 aromatic carbocycles. The van der Waals surface area contributed by atoms with E-state index >= 15 is 0 Å². The summed E-state index contributed by atoms with van der Waals surface area (Å²) >= 11 is 1.51. The maximum Gasteiger partial charge on any atom is 0.294 e. The molecule has 1 aromatic rings. The van der Waals surface area contributed by atoms with Gasteiger partial charge in [-0.25, -0.2) is 0 Å². The van der Waals surface area contributed by atoms with Gasteiger partial charge >= 0.3 is 0 Å². The fraction of sp³-hybridized carbons (Fsp3) is 0.846. The van der Waals surface area contributed by atoms with Crippen LogP contribution in [0.5, 0.6) is 5.19 Å². The Kier molecular flexibility index (Phi) is 6.68. The Labute approximate surface area is 120 Å². The predicted molar refractivity (Wildman–Crippen MR) is 79.8 cm³/mol.